The standard InChI is InChI=1S/C16H31NOS/c1-15(2,3)17-12-16(8-5-11-19-4)9-10-18-14(16)13-6-7-13/h13-14,17H,5-12H2,1-4H3. The van der Waals surface area contributed by atoms with Gasteiger partial charge in [-0.2, -0.15) is 11.8 Å². The Balaban J connectivity index is 1.98. The smallest absolute Gasteiger partial charge is 0.0672 e. The molecular weight excluding hydrogens is 254 g/mol. The van der Waals surface area contributed by atoms with Crippen LogP contribution < -0.4 is 5.32 Å². The number of nitrogens with one attached hydrogen (secondary N) is 1. The quantitative estimate of drug-likeness (QED) is 0.721. The van der Waals surface area contributed by atoms with E-state index in [0.29, 0.717) is 11.5 Å². The fraction of sp³-hybridized carbons (Fsp3) is 1.00. The van der Waals surface area contributed by atoms with Gasteiger partial charge in [0.15, 0.2) is 0 Å². The van der Waals surface area contributed by atoms with Crippen LogP contribution in [0.1, 0.15) is 52.9 Å². The summed E-state index contributed by atoms with van der Waals surface area (Å²) in [6.45, 7) is 8.91. The minimum Gasteiger partial charge on any atom is -0.377 e. The third kappa shape index (κ3) is 4.37. The van der Waals surface area contributed by atoms with Gasteiger partial charge in [0, 0.05) is 24.1 Å². The Bertz CT molecular complexity index is 285. The van der Waals surface area contributed by atoms with Crippen molar-refractivity contribution >= 4 is 11.8 Å². The van der Waals surface area contributed by atoms with Gasteiger partial charge in [-0.05, 0) is 70.8 Å². The van der Waals surface area contributed by atoms with Crippen LogP contribution in [0, 0.1) is 11.3 Å². The first-order valence-corrected chi connectivity index (χ1v) is 9.22. The molecule has 0 amide bonds. The average Bonchev–Trinajstić information content (AvgIpc) is 3.09. The van der Waals surface area contributed by atoms with Gasteiger partial charge in [0.05, 0.1) is 6.10 Å². The molecule has 1 N–H and O–H groups in total. The SMILES string of the molecule is CSCCCC1(CNC(C)(C)C)CCOC1C1CC1. The summed E-state index contributed by atoms with van der Waals surface area (Å²) in [5.41, 5.74) is 0.618. The number of rotatable bonds is 7. The van der Waals surface area contributed by atoms with Crippen molar-refractivity contribution in [1.29, 1.82) is 0 Å². The fourth-order valence-electron chi connectivity index (χ4n) is 3.30. The first kappa shape index (κ1) is 15.7. The summed E-state index contributed by atoms with van der Waals surface area (Å²) in [7, 11) is 0. The topological polar surface area (TPSA) is 21.3 Å². The predicted molar refractivity (Wildman–Crippen MR) is 84.9 cm³/mol. The van der Waals surface area contributed by atoms with Crippen LogP contribution in [-0.4, -0.2) is 36.8 Å². The minimum absolute atomic E-state index is 0.212. The number of hydrogen-bond donors (Lipinski definition) is 1. The third-order valence-corrected chi connectivity index (χ3v) is 5.24. The Morgan fingerprint density at radius 2 is 2.05 bits per heavy atom. The second kappa shape index (κ2) is 6.36. The molecule has 2 fully saturated rings. The van der Waals surface area contributed by atoms with E-state index in [0.717, 1.165) is 19.1 Å². The highest BCUT2D eigenvalue weighted by Crippen LogP contribution is 2.50. The first-order valence-electron chi connectivity index (χ1n) is 7.82. The van der Waals surface area contributed by atoms with E-state index in [4.69, 9.17) is 4.74 Å². The van der Waals surface area contributed by atoms with Crippen LogP contribution in [0.2, 0.25) is 0 Å². The lowest BCUT2D eigenvalue weighted by atomic mass is 9.74. The number of thioether (sulfide) groups is 1. The maximum Gasteiger partial charge on any atom is 0.0672 e. The molecule has 1 aliphatic carbocycles. The highest BCUT2D eigenvalue weighted by atomic mass is 32.2. The summed E-state index contributed by atoms with van der Waals surface area (Å²) in [5, 5.41) is 3.76. The molecular formula is C16H31NOS. The normalized spacial score (nSPS) is 31.9. The number of ether oxygens (including phenoxy) is 1. The van der Waals surface area contributed by atoms with E-state index in [1.54, 1.807) is 0 Å². The zero-order valence-electron chi connectivity index (χ0n) is 13.1. The second-order valence-electron chi connectivity index (χ2n) is 7.44. The molecule has 19 heavy (non-hydrogen) atoms. The van der Waals surface area contributed by atoms with Crippen LogP contribution in [0.5, 0.6) is 0 Å². The van der Waals surface area contributed by atoms with Gasteiger partial charge >= 0.3 is 0 Å². The Labute approximate surface area is 123 Å². The maximum absolute atomic E-state index is 6.14. The van der Waals surface area contributed by atoms with Gasteiger partial charge in [-0.1, -0.05) is 0 Å². The molecule has 0 spiro atoms. The average molecular weight is 285 g/mol. The molecule has 2 aliphatic rings. The van der Waals surface area contributed by atoms with Crippen molar-refractivity contribution in [3.63, 3.8) is 0 Å². The lowest BCUT2D eigenvalue weighted by Gasteiger charge is -2.37. The minimum atomic E-state index is 0.212. The third-order valence-electron chi connectivity index (χ3n) is 4.54. The molecule has 2 atom stereocenters. The van der Waals surface area contributed by atoms with Gasteiger partial charge in [0.2, 0.25) is 0 Å². The van der Waals surface area contributed by atoms with Gasteiger partial charge < -0.3 is 10.1 Å². The van der Waals surface area contributed by atoms with Crippen molar-refractivity contribution in [2.75, 3.05) is 25.2 Å². The van der Waals surface area contributed by atoms with E-state index in [1.807, 2.05) is 11.8 Å². The molecule has 1 heterocycles. The summed E-state index contributed by atoms with van der Waals surface area (Å²) < 4.78 is 6.14. The summed E-state index contributed by atoms with van der Waals surface area (Å²) in [4.78, 5) is 0. The molecule has 1 saturated carbocycles. The Kier molecular flexibility index (Phi) is 5.24. The van der Waals surface area contributed by atoms with Gasteiger partial charge in [-0.15, -0.1) is 0 Å². The molecule has 0 aromatic heterocycles. The van der Waals surface area contributed by atoms with E-state index in [9.17, 15) is 0 Å². The maximum atomic E-state index is 6.14. The van der Waals surface area contributed by atoms with Crippen LogP contribution >= 0.6 is 11.8 Å². The molecule has 2 rings (SSSR count). The van der Waals surface area contributed by atoms with Crippen molar-refractivity contribution in [3.05, 3.63) is 0 Å². The highest BCUT2D eigenvalue weighted by molar-refractivity contribution is 7.98. The first-order chi connectivity index (χ1) is 8.97. The lowest BCUT2D eigenvalue weighted by Crippen LogP contribution is -2.48. The van der Waals surface area contributed by atoms with Gasteiger partial charge in [-0.25, -0.2) is 0 Å². The van der Waals surface area contributed by atoms with Crippen LogP contribution in [0.3, 0.4) is 0 Å². The molecule has 1 saturated heterocycles. The highest BCUT2D eigenvalue weighted by Gasteiger charge is 2.50. The molecule has 112 valence electrons. The molecule has 3 heteroatoms. The summed E-state index contributed by atoms with van der Waals surface area (Å²) >= 11 is 1.97. The zero-order chi connectivity index (χ0) is 13.9. The zero-order valence-corrected chi connectivity index (χ0v) is 13.9. The predicted octanol–water partition coefficient (Wildman–Crippen LogP) is 3.70. The van der Waals surface area contributed by atoms with Gasteiger partial charge in [0.1, 0.15) is 0 Å². The van der Waals surface area contributed by atoms with E-state index in [1.165, 1.54) is 37.9 Å². The van der Waals surface area contributed by atoms with Gasteiger partial charge in [-0.3, -0.25) is 0 Å². The van der Waals surface area contributed by atoms with Crippen LogP contribution in [-0.2, 0) is 4.74 Å². The van der Waals surface area contributed by atoms with Crippen LogP contribution in [0.4, 0.5) is 0 Å². The molecule has 2 nitrogen and oxygen atoms in total. The van der Waals surface area contributed by atoms with Crippen molar-refractivity contribution in [3.8, 4) is 0 Å². The van der Waals surface area contributed by atoms with Gasteiger partial charge in [0.25, 0.3) is 0 Å². The van der Waals surface area contributed by atoms with E-state index in [-0.39, 0.29) is 5.54 Å². The molecule has 2 unspecified atom stereocenters. The number of hydrogen-bond acceptors (Lipinski definition) is 3. The Morgan fingerprint density at radius 1 is 1.32 bits per heavy atom. The Hall–Kier alpha value is 0.270. The monoisotopic (exact) mass is 285 g/mol. The van der Waals surface area contributed by atoms with Crippen molar-refractivity contribution in [2.45, 2.75) is 64.5 Å². The van der Waals surface area contributed by atoms with Crippen LogP contribution in [0.15, 0.2) is 0 Å². The fourth-order valence-corrected chi connectivity index (χ4v) is 3.73. The van der Waals surface area contributed by atoms with E-state index >= 15 is 0 Å². The van der Waals surface area contributed by atoms with Crippen molar-refractivity contribution < 1.29 is 4.74 Å². The molecule has 0 aromatic rings. The Morgan fingerprint density at radius 3 is 2.63 bits per heavy atom. The molecule has 0 aromatic carbocycles. The molecule has 0 bridgehead atoms. The second-order valence-corrected chi connectivity index (χ2v) is 8.43. The van der Waals surface area contributed by atoms with E-state index in [2.05, 4.69) is 32.3 Å². The largest absolute Gasteiger partial charge is 0.377 e. The lowest BCUT2D eigenvalue weighted by molar-refractivity contribution is 0.0236. The molecule has 0 radical (unpaired) electrons. The van der Waals surface area contributed by atoms with Crippen LogP contribution in [0.25, 0.3) is 0 Å². The van der Waals surface area contributed by atoms with Crippen molar-refractivity contribution in [1.82, 2.24) is 5.32 Å². The summed E-state index contributed by atoms with van der Waals surface area (Å²) in [6, 6.07) is 0. The summed E-state index contributed by atoms with van der Waals surface area (Å²) in [6.07, 6.45) is 9.45. The van der Waals surface area contributed by atoms with E-state index < -0.39 is 0 Å². The molecule has 1 aliphatic heterocycles. The van der Waals surface area contributed by atoms with Crippen molar-refractivity contribution in [2.24, 2.45) is 11.3 Å². The summed E-state index contributed by atoms with van der Waals surface area (Å²) in [5.74, 6) is 2.15.